The van der Waals surface area contributed by atoms with E-state index < -0.39 is 0 Å². The van der Waals surface area contributed by atoms with Gasteiger partial charge in [0.1, 0.15) is 0 Å². The molecule has 0 spiro atoms. The fraction of sp³-hybridized carbons (Fsp3) is 0.765. The van der Waals surface area contributed by atoms with Crippen molar-refractivity contribution in [3.63, 3.8) is 0 Å². The molecule has 0 bridgehead atoms. The highest BCUT2D eigenvalue weighted by molar-refractivity contribution is 5.11. The monoisotopic (exact) mass is 240 g/mol. The molecule has 0 heteroatoms. The van der Waals surface area contributed by atoms with E-state index in [9.17, 15) is 0 Å². The lowest BCUT2D eigenvalue weighted by Gasteiger charge is -2.10. The molecule has 0 aromatic rings. The average Bonchev–Trinajstić information content (AvgIpc) is 2.26. The molecular weight excluding hydrogens is 204 g/mol. The molecule has 0 nitrogen and oxygen atoms in total. The van der Waals surface area contributed by atoms with Crippen molar-refractivity contribution in [3.8, 4) is 0 Å². The molecule has 0 aromatic heterocycles. The first-order valence-electron chi connectivity index (χ1n) is 7.11. The van der Waals surface area contributed by atoms with Crippen LogP contribution in [0.1, 0.15) is 81.6 Å². The van der Waals surface area contributed by atoms with Crippen LogP contribution in [0.15, 0.2) is 23.3 Å². The normalized spacial score (nSPS) is 10.7. The molecule has 0 rings (SSSR count). The first kappa shape index (κ1) is 21.7. The van der Waals surface area contributed by atoms with Gasteiger partial charge in [0.2, 0.25) is 0 Å². The highest BCUT2D eigenvalue weighted by Gasteiger charge is 2.00. The van der Waals surface area contributed by atoms with Gasteiger partial charge in [-0.2, -0.15) is 0 Å². The lowest BCUT2D eigenvalue weighted by atomic mass is 9.97. The van der Waals surface area contributed by atoms with E-state index in [1.807, 2.05) is 27.7 Å². The van der Waals surface area contributed by atoms with E-state index in [2.05, 4.69) is 41.2 Å². The minimum absolute atomic E-state index is 0.729. The molecular formula is C17H36. The smallest absolute Gasteiger partial charge is 0.0260 e. The van der Waals surface area contributed by atoms with Crippen molar-refractivity contribution < 1.29 is 0 Å². The Morgan fingerprint density at radius 1 is 1.00 bits per heavy atom. The number of rotatable bonds is 4. The lowest BCUT2D eigenvalue weighted by Crippen LogP contribution is -1.93. The molecule has 0 saturated carbocycles. The van der Waals surface area contributed by atoms with E-state index in [0.717, 1.165) is 5.92 Å². The van der Waals surface area contributed by atoms with Crippen molar-refractivity contribution in [1.82, 2.24) is 0 Å². The Bertz CT molecular complexity index is 190. The third-order valence-electron chi connectivity index (χ3n) is 2.44. The summed E-state index contributed by atoms with van der Waals surface area (Å²) in [6.45, 7) is 22.8. The fourth-order valence-electron chi connectivity index (χ4n) is 1.13. The molecule has 0 saturated heterocycles. The number of allylic oxidation sites excluding steroid dienone is 3. The van der Waals surface area contributed by atoms with Gasteiger partial charge in [0, 0.05) is 0 Å². The van der Waals surface area contributed by atoms with Crippen LogP contribution >= 0.6 is 0 Å². The standard InChI is InChI=1S/C11H22.C4H8.C2H6/c1-6-7-8-10(4)11(5)9(2)3;1-4(2)3;1-2/h9H,6-8H2,1-5H3;1H2,2-3H3;1-2H3/b11-10+;;. The zero-order valence-electron chi connectivity index (χ0n) is 13.9. The average molecular weight is 240 g/mol. The van der Waals surface area contributed by atoms with E-state index in [0.29, 0.717) is 0 Å². The van der Waals surface area contributed by atoms with Crippen LogP contribution in [0.2, 0.25) is 0 Å². The molecule has 104 valence electrons. The minimum atomic E-state index is 0.729. The van der Waals surface area contributed by atoms with Gasteiger partial charge in [0.25, 0.3) is 0 Å². The van der Waals surface area contributed by atoms with Gasteiger partial charge in [-0.25, -0.2) is 0 Å². The van der Waals surface area contributed by atoms with Crippen molar-refractivity contribution in [1.29, 1.82) is 0 Å². The van der Waals surface area contributed by atoms with Gasteiger partial charge in [-0.3, -0.25) is 0 Å². The molecule has 0 fully saturated rings. The second-order valence-electron chi connectivity index (χ2n) is 4.93. The Morgan fingerprint density at radius 2 is 1.35 bits per heavy atom. The maximum atomic E-state index is 3.56. The molecule has 0 heterocycles. The summed E-state index contributed by atoms with van der Waals surface area (Å²) in [6.07, 6.45) is 3.94. The van der Waals surface area contributed by atoms with E-state index in [1.165, 1.54) is 24.8 Å². The summed E-state index contributed by atoms with van der Waals surface area (Å²) in [5.74, 6) is 0.729. The first-order valence-corrected chi connectivity index (χ1v) is 7.11. The van der Waals surface area contributed by atoms with E-state index in [-0.39, 0.29) is 0 Å². The SMILES string of the molecule is C=C(C)C.CC.CCCC/C(C)=C(\C)C(C)C. The molecule has 0 atom stereocenters. The predicted molar refractivity (Wildman–Crippen MR) is 84.6 cm³/mol. The van der Waals surface area contributed by atoms with Crippen molar-refractivity contribution in [2.24, 2.45) is 5.92 Å². The zero-order chi connectivity index (χ0) is 14.4. The van der Waals surface area contributed by atoms with Crippen molar-refractivity contribution in [2.45, 2.75) is 81.6 Å². The van der Waals surface area contributed by atoms with E-state index >= 15 is 0 Å². The Labute approximate surface area is 111 Å². The predicted octanol–water partition coefficient (Wildman–Crippen LogP) is 6.78. The number of hydrogen-bond donors (Lipinski definition) is 0. The number of unbranched alkanes of at least 4 members (excludes halogenated alkanes) is 1. The zero-order valence-corrected chi connectivity index (χ0v) is 13.9. The molecule has 0 aliphatic carbocycles. The molecule has 0 unspecified atom stereocenters. The largest absolute Gasteiger partial charge is 0.100 e. The Kier molecular flexibility index (Phi) is 19.8. The summed E-state index contributed by atoms with van der Waals surface area (Å²) in [4.78, 5) is 0. The third kappa shape index (κ3) is 21.3. The Hall–Kier alpha value is -0.520. The summed E-state index contributed by atoms with van der Waals surface area (Å²) in [5, 5.41) is 0. The molecule has 0 aliphatic heterocycles. The van der Waals surface area contributed by atoms with Crippen LogP contribution in [0.5, 0.6) is 0 Å². The quantitative estimate of drug-likeness (QED) is 0.475. The lowest BCUT2D eigenvalue weighted by molar-refractivity contribution is 0.719. The summed E-state index contributed by atoms with van der Waals surface area (Å²) >= 11 is 0. The van der Waals surface area contributed by atoms with Crippen LogP contribution in [0, 0.1) is 5.92 Å². The molecule has 0 N–H and O–H groups in total. The van der Waals surface area contributed by atoms with Gasteiger partial charge < -0.3 is 0 Å². The van der Waals surface area contributed by atoms with Crippen LogP contribution < -0.4 is 0 Å². The third-order valence-corrected chi connectivity index (χ3v) is 2.44. The van der Waals surface area contributed by atoms with E-state index in [4.69, 9.17) is 0 Å². The fourth-order valence-corrected chi connectivity index (χ4v) is 1.13. The van der Waals surface area contributed by atoms with Gasteiger partial charge in [0.05, 0.1) is 0 Å². The van der Waals surface area contributed by atoms with Crippen molar-refractivity contribution in [2.75, 3.05) is 0 Å². The van der Waals surface area contributed by atoms with Gasteiger partial charge >= 0.3 is 0 Å². The van der Waals surface area contributed by atoms with Gasteiger partial charge in [-0.1, -0.05) is 57.8 Å². The Balaban J connectivity index is -0.000000275. The highest BCUT2D eigenvalue weighted by atomic mass is 14.1. The van der Waals surface area contributed by atoms with Crippen molar-refractivity contribution >= 4 is 0 Å². The van der Waals surface area contributed by atoms with Crippen LogP contribution in [0.3, 0.4) is 0 Å². The van der Waals surface area contributed by atoms with E-state index in [1.54, 1.807) is 11.1 Å². The number of hydrogen-bond acceptors (Lipinski definition) is 0. The van der Waals surface area contributed by atoms with Crippen LogP contribution in [-0.2, 0) is 0 Å². The molecule has 17 heavy (non-hydrogen) atoms. The van der Waals surface area contributed by atoms with Crippen LogP contribution in [0.4, 0.5) is 0 Å². The van der Waals surface area contributed by atoms with Crippen molar-refractivity contribution in [3.05, 3.63) is 23.3 Å². The maximum absolute atomic E-state index is 3.56. The summed E-state index contributed by atoms with van der Waals surface area (Å²) in [7, 11) is 0. The highest BCUT2D eigenvalue weighted by Crippen LogP contribution is 2.17. The van der Waals surface area contributed by atoms with Crippen LogP contribution in [-0.4, -0.2) is 0 Å². The Morgan fingerprint density at radius 3 is 1.59 bits per heavy atom. The maximum Gasteiger partial charge on any atom is -0.0260 e. The second-order valence-corrected chi connectivity index (χ2v) is 4.93. The van der Waals surface area contributed by atoms with Gasteiger partial charge in [0.15, 0.2) is 0 Å². The summed E-state index contributed by atoms with van der Waals surface area (Å²) < 4.78 is 0. The molecule has 0 radical (unpaired) electrons. The molecule has 0 aromatic carbocycles. The van der Waals surface area contributed by atoms with Gasteiger partial charge in [-0.05, 0) is 46.5 Å². The first-order chi connectivity index (χ1) is 7.82. The summed E-state index contributed by atoms with van der Waals surface area (Å²) in [6, 6.07) is 0. The van der Waals surface area contributed by atoms with Crippen LogP contribution in [0.25, 0.3) is 0 Å². The summed E-state index contributed by atoms with van der Waals surface area (Å²) in [5.41, 5.74) is 4.35. The topological polar surface area (TPSA) is 0 Å². The molecule has 0 aliphatic rings. The minimum Gasteiger partial charge on any atom is -0.100 e. The second kappa shape index (κ2) is 15.5. The molecule has 0 amide bonds. The van der Waals surface area contributed by atoms with Gasteiger partial charge in [-0.15, -0.1) is 6.58 Å².